The molecular weight excluding hydrogens is 248 g/mol. The number of aliphatic carboxylic acids is 1. The summed E-state index contributed by atoms with van der Waals surface area (Å²) >= 11 is 0. The van der Waals surface area contributed by atoms with E-state index in [9.17, 15) is 14.7 Å². The van der Waals surface area contributed by atoms with Crippen molar-refractivity contribution in [3.63, 3.8) is 0 Å². The van der Waals surface area contributed by atoms with Gasteiger partial charge >= 0.3 is 11.9 Å². The van der Waals surface area contributed by atoms with Crippen LogP contribution in [0.25, 0.3) is 0 Å². The number of carboxylic acids is 1. The number of carbonyl (C=O) groups excluding carboxylic acids is 1. The third-order valence-electron chi connectivity index (χ3n) is 2.46. The summed E-state index contributed by atoms with van der Waals surface area (Å²) in [6, 6.07) is 6.14. The van der Waals surface area contributed by atoms with Crippen molar-refractivity contribution in [3.05, 3.63) is 29.8 Å². The number of carboxylic acid groups (broad SMARTS) is 1. The van der Waals surface area contributed by atoms with E-state index in [-0.39, 0.29) is 12.4 Å². The van der Waals surface area contributed by atoms with E-state index in [1.165, 1.54) is 12.1 Å². The molecule has 0 spiro atoms. The second-order valence-corrected chi connectivity index (χ2v) is 5.32. The van der Waals surface area contributed by atoms with Gasteiger partial charge in [0.15, 0.2) is 0 Å². The molecule has 1 rings (SSSR count). The van der Waals surface area contributed by atoms with Crippen molar-refractivity contribution in [3.8, 4) is 5.75 Å². The van der Waals surface area contributed by atoms with Crippen LogP contribution in [0.3, 0.4) is 0 Å². The maximum atomic E-state index is 11.6. The number of esters is 1. The summed E-state index contributed by atoms with van der Waals surface area (Å²) in [4.78, 5) is 22.1. The van der Waals surface area contributed by atoms with Crippen LogP contribution in [0, 0.1) is 5.41 Å². The minimum absolute atomic E-state index is 0.355. The average Bonchev–Trinajstić information content (AvgIpc) is 2.27. The summed E-state index contributed by atoms with van der Waals surface area (Å²) in [6.45, 7) is 5.25. The Morgan fingerprint density at radius 1 is 1.21 bits per heavy atom. The highest BCUT2D eigenvalue weighted by atomic mass is 16.5. The Hall–Kier alpha value is -1.88. The lowest BCUT2D eigenvalue weighted by Gasteiger charge is -2.16. The average molecular weight is 266 g/mol. The fraction of sp³-hybridized carbons (Fsp3) is 0.429. The predicted molar refractivity (Wildman–Crippen MR) is 68.7 cm³/mol. The molecule has 0 saturated heterocycles. The van der Waals surface area contributed by atoms with E-state index in [0.29, 0.717) is 11.3 Å². The largest absolute Gasteiger partial charge is 0.481 e. The summed E-state index contributed by atoms with van der Waals surface area (Å²) in [6.07, 6.45) is -1.42. The molecule has 1 aromatic rings. The second-order valence-electron chi connectivity index (χ2n) is 5.32. The van der Waals surface area contributed by atoms with E-state index in [4.69, 9.17) is 9.84 Å². The lowest BCUT2D eigenvalue weighted by molar-refractivity contribution is -0.143. The van der Waals surface area contributed by atoms with Gasteiger partial charge < -0.3 is 14.9 Å². The number of aliphatic hydroxyl groups is 1. The summed E-state index contributed by atoms with van der Waals surface area (Å²) < 4.78 is 5.16. The highest BCUT2D eigenvalue weighted by Gasteiger charge is 2.23. The summed E-state index contributed by atoms with van der Waals surface area (Å²) in [5.41, 5.74) is -0.125. The van der Waals surface area contributed by atoms with Crippen LogP contribution in [0.5, 0.6) is 5.75 Å². The smallest absolute Gasteiger partial charge is 0.316 e. The number of carbonyl (C=O) groups is 2. The first-order valence-electron chi connectivity index (χ1n) is 5.92. The predicted octanol–water partition coefficient (Wildman–Crippen LogP) is 2.15. The third kappa shape index (κ3) is 4.71. The van der Waals surface area contributed by atoms with Crippen molar-refractivity contribution in [2.75, 3.05) is 0 Å². The second kappa shape index (κ2) is 5.84. The molecule has 1 unspecified atom stereocenters. The van der Waals surface area contributed by atoms with Crippen LogP contribution in [0.15, 0.2) is 24.3 Å². The zero-order chi connectivity index (χ0) is 14.6. The van der Waals surface area contributed by atoms with Crippen LogP contribution < -0.4 is 4.74 Å². The van der Waals surface area contributed by atoms with Gasteiger partial charge in [0, 0.05) is 0 Å². The molecule has 19 heavy (non-hydrogen) atoms. The summed E-state index contributed by atoms with van der Waals surface area (Å²) in [5.74, 6) is -1.06. The summed E-state index contributed by atoms with van der Waals surface area (Å²) in [5, 5.41) is 18.2. The quantitative estimate of drug-likeness (QED) is 0.644. The first kappa shape index (κ1) is 15.2. The van der Waals surface area contributed by atoms with Gasteiger partial charge in [0.25, 0.3) is 0 Å². The van der Waals surface area contributed by atoms with Gasteiger partial charge in [-0.3, -0.25) is 9.59 Å². The first-order valence-corrected chi connectivity index (χ1v) is 5.92. The van der Waals surface area contributed by atoms with E-state index in [0.717, 1.165) is 0 Å². The molecule has 104 valence electrons. The molecule has 0 radical (unpaired) electrons. The topological polar surface area (TPSA) is 83.8 Å². The fourth-order valence-corrected chi connectivity index (χ4v) is 1.30. The zero-order valence-corrected chi connectivity index (χ0v) is 11.2. The maximum Gasteiger partial charge on any atom is 0.316 e. The van der Waals surface area contributed by atoms with E-state index in [1.54, 1.807) is 32.9 Å². The van der Waals surface area contributed by atoms with Crippen LogP contribution in [-0.2, 0) is 9.59 Å². The van der Waals surface area contributed by atoms with Crippen LogP contribution in [0.4, 0.5) is 0 Å². The molecular formula is C14H18O5. The molecule has 0 fully saturated rings. The summed E-state index contributed by atoms with van der Waals surface area (Å²) in [7, 11) is 0. The molecule has 0 bridgehead atoms. The molecule has 5 heteroatoms. The molecule has 0 aliphatic rings. The zero-order valence-electron chi connectivity index (χ0n) is 11.2. The van der Waals surface area contributed by atoms with Gasteiger partial charge in [0.05, 0.1) is 17.9 Å². The van der Waals surface area contributed by atoms with Crippen molar-refractivity contribution < 1.29 is 24.5 Å². The molecule has 5 nitrogen and oxygen atoms in total. The Kier molecular flexibility index (Phi) is 4.67. The number of ether oxygens (including phenoxy) is 1. The minimum Gasteiger partial charge on any atom is -0.481 e. The van der Waals surface area contributed by atoms with Crippen LogP contribution in [-0.4, -0.2) is 22.2 Å². The van der Waals surface area contributed by atoms with Gasteiger partial charge in [-0.05, 0) is 38.5 Å². The van der Waals surface area contributed by atoms with Crippen molar-refractivity contribution >= 4 is 11.9 Å². The fourth-order valence-electron chi connectivity index (χ4n) is 1.30. The number of hydrogen-bond donors (Lipinski definition) is 2. The van der Waals surface area contributed by atoms with Gasteiger partial charge in [0.2, 0.25) is 0 Å². The first-order chi connectivity index (χ1) is 8.70. The van der Waals surface area contributed by atoms with Gasteiger partial charge in [-0.25, -0.2) is 0 Å². The lowest BCUT2D eigenvalue weighted by Crippen LogP contribution is -2.25. The Bertz CT molecular complexity index is 456. The van der Waals surface area contributed by atoms with Crippen molar-refractivity contribution in [2.45, 2.75) is 33.3 Å². The van der Waals surface area contributed by atoms with Crippen LogP contribution in [0.1, 0.15) is 38.9 Å². The Morgan fingerprint density at radius 3 is 2.16 bits per heavy atom. The molecule has 0 saturated carbocycles. The highest BCUT2D eigenvalue weighted by Crippen LogP contribution is 2.22. The molecule has 2 N–H and O–H groups in total. The Morgan fingerprint density at radius 2 is 1.74 bits per heavy atom. The van der Waals surface area contributed by atoms with Gasteiger partial charge in [-0.15, -0.1) is 0 Å². The van der Waals surface area contributed by atoms with Crippen LogP contribution in [0.2, 0.25) is 0 Å². The van der Waals surface area contributed by atoms with Gasteiger partial charge in [0.1, 0.15) is 5.75 Å². The monoisotopic (exact) mass is 266 g/mol. The molecule has 0 aromatic heterocycles. The van der Waals surface area contributed by atoms with E-state index >= 15 is 0 Å². The molecule has 0 aliphatic carbocycles. The number of hydrogen-bond acceptors (Lipinski definition) is 4. The minimum atomic E-state index is -1.07. The molecule has 0 amide bonds. The van der Waals surface area contributed by atoms with E-state index in [2.05, 4.69) is 0 Å². The lowest BCUT2D eigenvalue weighted by atomic mass is 9.97. The Labute approximate surface area is 111 Å². The number of rotatable bonds is 4. The van der Waals surface area contributed by atoms with Gasteiger partial charge in [-0.1, -0.05) is 12.1 Å². The van der Waals surface area contributed by atoms with Crippen molar-refractivity contribution in [2.24, 2.45) is 5.41 Å². The molecule has 0 aliphatic heterocycles. The maximum absolute atomic E-state index is 11.6. The van der Waals surface area contributed by atoms with Crippen molar-refractivity contribution in [1.82, 2.24) is 0 Å². The molecule has 1 atom stereocenters. The normalized spacial score (nSPS) is 12.8. The highest BCUT2D eigenvalue weighted by molar-refractivity contribution is 5.77. The molecule has 0 heterocycles. The Balaban J connectivity index is 2.72. The number of aliphatic hydroxyl groups excluding tert-OH is 1. The van der Waals surface area contributed by atoms with Gasteiger partial charge in [-0.2, -0.15) is 0 Å². The van der Waals surface area contributed by atoms with E-state index < -0.39 is 17.5 Å². The van der Waals surface area contributed by atoms with Crippen LogP contribution >= 0.6 is 0 Å². The standard InChI is InChI=1S/C14H18O5/c1-14(2,3)13(18)19-10-6-4-9(5-7-10)11(15)8-12(16)17/h4-7,11,15H,8H2,1-3H3,(H,16,17). The SMILES string of the molecule is CC(C)(C)C(=O)Oc1ccc(C(O)CC(=O)O)cc1. The number of benzene rings is 1. The third-order valence-corrected chi connectivity index (χ3v) is 2.46. The van der Waals surface area contributed by atoms with E-state index in [1.807, 2.05) is 0 Å². The van der Waals surface area contributed by atoms with Crippen molar-refractivity contribution in [1.29, 1.82) is 0 Å². The molecule has 1 aromatic carbocycles.